The topological polar surface area (TPSA) is 0 Å². The summed E-state index contributed by atoms with van der Waals surface area (Å²) in [6.45, 7) is 4.70. The van der Waals surface area contributed by atoms with Crippen molar-refractivity contribution in [3.8, 4) is 0 Å². The molecule has 0 amide bonds. The Morgan fingerprint density at radius 2 is 1.92 bits per heavy atom. The summed E-state index contributed by atoms with van der Waals surface area (Å²) in [5.74, 6) is 2.69. The van der Waals surface area contributed by atoms with E-state index >= 15 is 0 Å². The van der Waals surface area contributed by atoms with Crippen LogP contribution in [0, 0.1) is 12.8 Å². The molecule has 0 spiro atoms. The van der Waals surface area contributed by atoms with Gasteiger partial charge in [0, 0.05) is 0 Å². The first-order chi connectivity index (χ1) is 6.29. The predicted molar refractivity (Wildman–Crippen MR) is 55.1 cm³/mol. The Morgan fingerprint density at radius 3 is 2.69 bits per heavy atom. The molecule has 68 valence electrons. The molecule has 1 fully saturated rings. The van der Waals surface area contributed by atoms with Crippen LogP contribution in [0.1, 0.15) is 48.3 Å². The van der Waals surface area contributed by atoms with Crippen molar-refractivity contribution in [3.63, 3.8) is 0 Å². The van der Waals surface area contributed by atoms with Gasteiger partial charge in [0.25, 0.3) is 0 Å². The van der Waals surface area contributed by atoms with Gasteiger partial charge in [0.2, 0.25) is 0 Å². The van der Waals surface area contributed by atoms with Gasteiger partial charge in [-0.3, -0.25) is 0 Å². The molecular formula is C13H16. The molecule has 2 aliphatic rings. The Morgan fingerprint density at radius 1 is 1.15 bits per heavy atom. The normalized spacial score (nSPS) is 35.1. The van der Waals surface area contributed by atoms with Crippen LogP contribution in [-0.2, 0) is 0 Å². The molecule has 3 rings (SSSR count). The monoisotopic (exact) mass is 172 g/mol. The smallest absolute Gasteiger partial charge is 0.0125 e. The van der Waals surface area contributed by atoms with E-state index in [1.54, 1.807) is 11.1 Å². The van der Waals surface area contributed by atoms with Crippen molar-refractivity contribution in [2.45, 2.75) is 38.5 Å². The van der Waals surface area contributed by atoms with Gasteiger partial charge in [0.15, 0.2) is 0 Å². The molecule has 0 heterocycles. The molecule has 0 N–H and O–H groups in total. The third-order valence-corrected chi connectivity index (χ3v) is 4.19. The first-order valence-corrected chi connectivity index (χ1v) is 5.38. The van der Waals surface area contributed by atoms with E-state index in [0.717, 1.165) is 17.8 Å². The highest BCUT2D eigenvalue weighted by molar-refractivity contribution is 5.46. The van der Waals surface area contributed by atoms with E-state index < -0.39 is 0 Å². The molecule has 13 heavy (non-hydrogen) atoms. The second-order valence-electron chi connectivity index (χ2n) is 4.73. The van der Waals surface area contributed by atoms with Crippen molar-refractivity contribution in [3.05, 3.63) is 34.9 Å². The van der Waals surface area contributed by atoms with E-state index in [-0.39, 0.29) is 0 Å². The number of benzene rings is 1. The van der Waals surface area contributed by atoms with Gasteiger partial charge in [-0.1, -0.05) is 25.1 Å². The number of fused-ring (bicyclic) bond motifs is 5. The molecule has 3 unspecified atom stereocenters. The van der Waals surface area contributed by atoms with Crippen molar-refractivity contribution in [1.82, 2.24) is 0 Å². The van der Waals surface area contributed by atoms with E-state index in [1.165, 1.54) is 18.4 Å². The lowest BCUT2D eigenvalue weighted by molar-refractivity contribution is 0.531. The minimum atomic E-state index is 0.889. The van der Waals surface area contributed by atoms with Gasteiger partial charge in [-0.25, -0.2) is 0 Å². The second-order valence-corrected chi connectivity index (χ2v) is 4.73. The maximum atomic E-state index is 2.43. The molecule has 1 aromatic rings. The van der Waals surface area contributed by atoms with Crippen molar-refractivity contribution in [2.75, 3.05) is 0 Å². The van der Waals surface area contributed by atoms with Crippen LogP contribution in [0.2, 0.25) is 0 Å². The van der Waals surface area contributed by atoms with Gasteiger partial charge in [-0.05, 0) is 54.2 Å². The van der Waals surface area contributed by atoms with Crippen LogP contribution in [0.4, 0.5) is 0 Å². The number of hydrogen-bond donors (Lipinski definition) is 0. The quantitative estimate of drug-likeness (QED) is 0.561. The second kappa shape index (κ2) is 2.37. The van der Waals surface area contributed by atoms with Crippen LogP contribution in [0.5, 0.6) is 0 Å². The lowest BCUT2D eigenvalue weighted by Crippen LogP contribution is -1.99. The van der Waals surface area contributed by atoms with E-state index in [2.05, 4.69) is 32.0 Å². The lowest BCUT2D eigenvalue weighted by Gasteiger charge is -2.16. The Bertz CT molecular complexity index is 351. The average molecular weight is 172 g/mol. The zero-order valence-corrected chi connectivity index (χ0v) is 8.38. The number of rotatable bonds is 0. The highest BCUT2D eigenvalue weighted by atomic mass is 14.5. The van der Waals surface area contributed by atoms with E-state index in [4.69, 9.17) is 0 Å². The highest BCUT2D eigenvalue weighted by Crippen LogP contribution is 2.57. The number of hydrogen-bond acceptors (Lipinski definition) is 0. The van der Waals surface area contributed by atoms with Gasteiger partial charge >= 0.3 is 0 Å². The molecule has 3 atom stereocenters. The van der Waals surface area contributed by atoms with Crippen LogP contribution in [0.3, 0.4) is 0 Å². The van der Waals surface area contributed by atoms with Gasteiger partial charge in [0.1, 0.15) is 0 Å². The molecule has 0 radical (unpaired) electrons. The lowest BCUT2D eigenvalue weighted by atomic mass is 9.89. The Kier molecular flexibility index (Phi) is 1.39. The minimum absolute atomic E-state index is 0.889. The van der Waals surface area contributed by atoms with Crippen molar-refractivity contribution in [2.24, 2.45) is 5.92 Å². The summed E-state index contributed by atoms with van der Waals surface area (Å²) in [6, 6.07) is 6.84. The predicted octanol–water partition coefficient (Wildman–Crippen LogP) is 3.61. The summed E-state index contributed by atoms with van der Waals surface area (Å²) >= 11 is 0. The number of aryl methyl sites for hydroxylation is 1. The summed E-state index contributed by atoms with van der Waals surface area (Å²) in [7, 11) is 0. The van der Waals surface area contributed by atoms with Crippen LogP contribution < -0.4 is 0 Å². The molecule has 0 aliphatic heterocycles. The average Bonchev–Trinajstić information content (AvgIpc) is 2.61. The van der Waals surface area contributed by atoms with Crippen LogP contribution >= 0.6 is 0 Å². The first-order valence-electron chi connectivity index (χ1n) is 5.38. The van der Waals surface area contributed by atoms with Gasteiger partial charge in [-0.2, -0.15) is 0 Å². The molecule has 2 aliphatic carbocycles. The molecule has 1 saturated carbocycles. The molecule has 0 heteroatoms. The van der Waals surface area contributed by atoms with Gasteiger partial charge in [0.05, 0.1) is 0 Å². The molecule has 1 aromatic carbocycles. The first kappa shape index (κ1) is 7.61. The van der Waals surface area contributed by atoms with Crippen LogP contribution in [0.15, 0.2) is 18.2 Å². The van der Waals surface area contributed by atoms with Gasteiger partial charge in [-0.15, -0.1) is 0 Å². The Labute approximate surface area is 80.0 Å². The molecule has 0 nitrogen and oxygen atoms in total. The van der Waals surface area contributed by atoms with E-state index in [1.807, 2.05) is 0 Å². The standard InChI is InChI=1S/C13H16/c1-8-4-3-5-12-10-6-7-11(9(10)2)13(8)12/h3-5,9-11H,6-7H2,1-2H3. The fraction of sp³-hybridized carbons (Fsp3) is 0.538. The third-order valence-electron chi connectivity index (χ3n) is 4.19. The zero-order chi connectivity index (χ0) is 9.00. The zero-order valence-electron chi connectivity index (χ0n) is 8.38. The third kappa shape index (κ3) is 0.815. The molecule has 0 aromatic heterocycles. The van der Waals surface area contributed by atoms with Crippen LogP contribution in [0.25, 0.3) is 0 Å². The molecule has 2 bridgehead atoms. The Balaban J connectivity index is 2.24. The summed E-state index contributed by atoms with van der Waals surface area (Å²) in [5.41, 5.74) is 4.89. The largest absolute Gasteiger partial charge is 0.0617 e. The van der Waals surface area contributed by atoms with Crippen molar-refractivity contribution < 1.29 is 0 Å². The van der Waals surface area contributed by atoms with E-state index in [9.17, 15) is 0 Å². The Hall–Kier alpha value is -0.780. The molecular weight excluding hydrogens is 156 g/mol. The van der Waals surface area contributed by atoms with E-state index in [0.29, 0.717) is 0 Å². The fourth-order valence-corrected chi connectivity index (χ4v) is 3.54. The van der Waals surface area contributed by atoms with Gasteiger partial charge < -0.3 is 0 Å². The summed E-state index contributed by atoms with van der Waals surface area (Å²) in [6.07, 6.45) is 2.87. The maximum absolute atomic E-state index is 2.43. The SMILES string of the molecule is Cc1cccc2c1C1CCC2C1C. The van der Waals surface area contributed by atoms with Crippen LogP contribution in [-0.4, -0.2) is 0 Å². The summed E-state index contributed by atoms with van der Waals surface area (Å²) in [4.78, 5) is 0. The fourth-order valence-electron chi connectivity index (χ4n) is 3.54. The van der Waals surface area contributed by atoms with Crippen molar-refractivity contribution in [1.29, 1.82) is 0 Å². The maximum Gasteiger partial charge on any atom is -0.0125 e. The highest BCUT2D eigenvalue weighted by Gasteiger charge is 2.43. The molecule has 0 saturated heterocycles. The van der Waals surface area contributed by atoms with Crippen molar-refractivity contribution >= 4 is 0 Å². The summed E-state index contributed by atoms with van der Waals surface area (Å²) < 4.78 is 0. The minimum Gasteiger partial charge on any atom is -0.0617 e. The summed E-state index contributed by atoms with van der Waals surface area (Å²) in [5, 5.41) is 0.